The number of alkyl halides is 3. The first-order valence-corrected chi connectivity index (χ1v) is 13.6. The van der Waals surface area contributed by atoms with Crippen molar-refractivity contribution in [3.05, 3.63) is 59.5 Å². The summed E-state index contributed by atoms with van der Waals surface area (Å²) in [6.07, 6.45) is 4.19. The number of rotatable bonds is 6. The summed E-state index contributed by atoms with van der Waals surface area (Å²) >= 11 is 0. The van der Waals surface area contributed by atoms with Gasteiger partial charge in [0, 0.05) is 29.8 Å². The van der Waals surface area contributed by atoms with Crippen LogP contribution in [0.3, 0.4) is 0 Å². The lowest BCUT2D eigenvalue weighted by molar-refractivity contribution is -0.134. The molecule has 3 aliphatic rings. The van der Waals surface area contributed by atoms with Gasteiger partial charge in [-0.25, -0.2) is 14.5 Å². The Labute approximate surface area is 233 Å². The molecule has 2 fully saturated rings. The van der Waals surface area contributed by atoms with E-state index >= 15 is 0 Å². The van der Waals surface area contributed by atoms with Crippen molar-refractivity contribution in [1.82, 2.24) is 24.6 Å². The molecule has 1 amide bonds. The average Bonchev–Trinajstić information content (AvgIpc) is 3.27. The summed E-state index contributed by atoms with van der Waals surface area (Å²) in [6.45, 7) is -1.27. The van der Waals surface area contributed by atoms with E-state index in [2.05, 4.69) is 20.1 Å². The number of amides is 1. The van der Waals surface area contributed by atoms with Gasteiger partial charge in [-0.05, 0) is 54.4 Å². The third-order valence-electron chi connectivity index (χ3n) is 8.67. The van der Waals surface area contributed by atoms with Gasteiger partial charge in [-0.1, -0.05) is 25.0 Å². The van der Waals surface area contributed by atoms with Gasteiger partial charge in [0.15, 0.2) is 5.65 Å². The maximum atomic E-state index is 13.6. The van der Waals surface area contributed by atoms with Crippen molar-refractivity contribution in [2.24, 2.45) is 0 Å². The third-order valence-corrected chi connectivity index (χ3v) is 8.67. The Morgan fingerprint density at radius 2 is 1.88 bits per heavy atom. The number of ether oxygens (including phenoxy) is 2. The lowest BCUT2D eigenvalue weighted by atomic mass is 9.80. The Bertz CT molecular complexity index is 1680. The van der Waals surface area contributed by atoms with Crippen molar-refractivity contribution < 1.29 is 27.4 Å². The van der Waals surface area contributed by atoms with Crippen LogP contribution in [0.4, 0.5) is 18.9 Å². The van der Waals surface area contributed by atoms with E-state index in [-0.39, 0.29) is 17.8 Å². The van der Waals surface area contributed by atoms with Gasteiger partial charge >= 0.3 is 12.2 Å². The molecule has 0 radical (unpaired) electrons. The number of aromatic nitrogens is 5. The molecule has 1 aliphatic heterocycles. The zero-order valence-electron chi connectivity index (χ0n) is 22.5. The van der Waals surface area contributed by atoms with E-state index in [1.165, 1.54) is 14.2 Å². The zero-order chi connectivity index (χ0) is 28.5. The third kappa shape index (κ3) is 4.10. The molecule has 41 heavy (non-hydrogen) atoms. The first-order valence-electron chi connectivity index (χ1n) is 13.6. The van der Waals surface area contributed by atoms with E-state index in [1.54, 1.807) is 23.1 Å². The molecule has 7 rings (SSSR count). The van der Waals surface area contributed by atoms with Gasteiger partial charge in [-0.3, -0.25) is 4.79 Å². The summed E-state index contributed by atoms with van der Waals surface area (Å²) in [5.74, 6) is 0.0304. The topological polar surface area (TPSA) is 94.7 Å². The molecular formula is C29H27F3N6O3. The molecule has 4 heterocycles. The minimum Gasteiger partial charge on any atom is -0.480 e. The summed E-state index contributed by atoms with van der Waals surface area (Å²) < 4.78 is 53.0. The molecule has 1 aromatic carbocycles. The minimum absolute atomic E-state index is 0.0630. The standard InChI is InChI=1S/C29H27F3N6O3/c1-40-25-20(14-34-27(35-25)41-2)22-13-19(24-33-9-10-38(24)36-22)18-12-17(18)16-5-6-21-23(11-16)37(15-29(30,31)32)26(39)28(21)7-3-4-8-28/h5-6,9-11,13-14,17-18H,3-4,7-8,12,15H2,1-2H3/t17-,18+/m1/s1. The Balaban J connectivity index is 1.26. The average molecular weight is 565 g/mol. The molecule has 2 aliphatic carbocycles. The quantitative estimate of drug-likeness (QED) is 0.318. The van der Waals surface area contributed by atoms with Crippen molar-refractivity contribution in [3.8, 4) is 23.1 Å². The van der Waals surface area contributed by atoms with Crippen LogP contribution in [0.25, 0.3) is 16.9 Å². The summed E-state index contributed by atoms with van der Waals surface area (Å²) in [6, 6.07) is 7.80. The maximum Gasteiger partial charge on any atom is 0.406 e. The number of hydrogen-bond donors (Lipinski definition) is 0. The zero-order valence-corrected chi connectivity index (χ0v) is 22.5. The fraction of sp³-hybridized carbons (Fsp3) is 0.414. The van der Waals surface area contributed by atoms with Crippen molar-refractivity contribution in [2.45, 2.75) is 55.5 Å². The van der Waals surface area contributed by atoms with Crippen LogP contribution in [-0.2, 0) is 10.2 Å². The number of anilines is 1. The number of fused-ring (bicyclic) bond motifs is 3. The molecule has 0 unspecified atom stereocenters. The van der Waals surface area contributed by atoms with Crippen LogP contribution in [0.1, 0.15) is 60.6 Å². The molecule has 2 atom stereocenters. The van der Waals surface area contributed by atoms with Crippen LogP contribution < -0.4 is 14.4 Å². The highest BCUT2D eigenvalue weighted by Gasteiger charge is 2.54. The number of nitrogens with zero attached hydrogens (tertiary/aromatic N) is 6. The molecular weight excluding hydrogens is 537 g/mol. The van der Waals surface area contributed by atoms with Crippen LogP contribution >= 0.6 is 0 Å². The first kappa shape index (κ1) is 25.7. The SMILES string of the molecule is COc1ncc(-c2cc([C@H]3C[C@@H]3c3ccc4c(c3)N(CC(F)(F)F)C(=O)C43CCCC3)c3nccn3n2)c(OC)n1. The second-order valence-corrected chi connectivity index (χ2v) is 11.0. The van der Waals surface area contributed by atoms with Crippen molar-refractivity contribution in [1.29, 1.82) is 0 Å². The number of carbonyl (C=O) groups is 1. The molecule has 9 nitrogen and oxygen atoms in total. The molecule has 3 aromatic heterocycles. The van der Waals surface area contributed by atoms with Gasteiger partial charge in [0.1, 0.15) is 6.54 Å². The van der Waals surface area contributed by atoms with Gasteiger partial charge < -0.3 is 14.4 Å². The number of methoxy groups -OCH3 is 2. The molecule has 12 heteroatoms. The Kier molecular flexibility index (Phi) is 5.74. The van der Waals surface area contributed by atoms with Crippen LogP contribution in [0.5, 0.6) is 11.9 Å². The smallest absolute Gasteiger partial charge is 0.406 e. The molecule has 0 saturated heterocycles. The van der Waals surface area contributed by atoms with Crippen LogP contribution in [0.2, 0.25) is 0 Å². The van der Waals surface area contributed by atoms with E-state index in [4.69, 9.17) is 9.47 Å². The van der Waals surface area contributed by atoms with Crippen LogP contribution in [0, 0.1) is 0 Å². The summed E-state index contributed by atoms with van der Waals surface area (Å²) in [5, 5.41) is 4.68. The largest absolute Gasteiger partial charge is 0.480 e. The summed E-state index contributed by atoms with van der Waals surface area (Å²) in [4.78, 5) is 27.4. The Hall–Kier alpha value is -4.22. The summed E-state index contributed by atoms with van der Waals surface area (Å²) in [7, 11) is 2.98. The van der Waals surface area contributed by atoms with Gasteiger partial charge in [-0.2, -0.15) is 23.3 Å². The monoisotopic (exact) mass is 564 g/mol. The number of hydrogen-bond acceptors (Lipinski definition) is 7. The molecule has 2 saturated carbocycles. The van der Waals surface area contributed by atoms with Crippen LogP contribution in [-0.4, -0.2) is 57.4 Å². The second kappa shape index (κ2) is 9.15. The van der Waals surface area contributed by atoms with Gasteiger partial charge in [0.2, 0.25) is 11.8 Å². The van der Waals surface area contributed by atoms with E-state index in [0.29, 0.717) is 41.3 Å². The Morgan fingerprint density at radius 1 is 1.07 bits per heavy atom. The molecule has 0 N–H and O–H groups in total. The van der Waals surface area contributed by atoms with E-state index < -0.39 is 24.0 Å². The van der Waals surface area contributed by atoms with Crippen molar-refractivity contribution in [2.75, 3.05) is 25.7 Å². The molecule has 0 bridgehead atoms. The van der Waals surface area contributed by atoms with Gasteiger partial charge in [0.25, 0.3) is 0 Å². The number of imidazole rings is 1. The van der Waals surface area contributed by atoms with Crippen molar-refractivity contribution in [3.63, 3.8) is 0 Å². The number of carbonyl (C=O) groups excluding carboxylic acids is 1. The lowest BCUT2D eigenvalue weighted by Gasteiger charge is -2.24. The maximum absolute atomic E-state index is 13.6. The summed E-state index contributed by atoms with van der Waals surface area (Å²) in [5.41, 5.74) is 4.06. The lowest BCUT2D eigenvalue weighted by Crippen LogP contribution is -2.43. The van der Waals surface area contributed by atoms with E-state index in [1.807, 2.05) is 24.3 Å². The fourth-order valence-electron chi connectivity index (χ4n) is 6.72. The van der Waals surface area contributed by atoms with Gasteiger partial charge in [0.05, 0.1) is 30.9 Å². The number of halogens is 3. The van der Waals surface area contributed by atoms with E-state index in [0.717, 1.165) is 40.9 Å². The minimum atomic E-state index is -4.48. The molecule has 4 aromatic rings. The fourth-order valence-corrected chi connectivity index (χ4v) is 6.72. The highest BCUT2D eigenvalue weighted by atomic mass is 19.4. The van der Waals surface area contributed by atoms with Crippen LogP contribution in [0.15, 0.2) is 42.9 Å². The second-order valence-electron chi connectivity index (χ2n) is 11.0. The predicted octanol–water partition coefficient (Wildman–Crippen LogP) is 5.20. The molecule has 212 valence electrons. The van der Waals surface area contributed by atoms with Gasteiger partial charge in [-0.15, -0.1) is 0 Å². The first-order chi connectivity index (χ1) is 19.7. The van der Waals surface area contributed by atoms with Crippen molar-refractivity contribution >= 4 is 17.2 Å². The predicted molar refractivity (Wildman–Crippen MR) is 142 cm³/mol. The van der Waals surface area contributed by atoms with E-state index in [9.17, 15) is 18.0 Å². The molecule has 1 spiro atoms. The normalized spacial score (nSPS) is 21.1. The highest BCUT2D eigenvalue weighted by Crippen LogP contribution is 2.58. The number of benzene rings is 1. The Morgan fingerprint density at radius 3 is 2.61 bits per heavy atom. The highest BCUT2D eigenvalue weighted by molar-refractivity contribution is 6.08.